The molecule has 7 heteroatoms. The predicted molar refractivity (Wildman–Crippen MR) is 69.6 cm³/mol. The minimum Gasteiger partial charge on any atom is -0.481 e. The molecule has 1 aromatic rings. The van der Waals surface area contributed by atoms with E-state index in [1.807, 2.05) is 0 Å². The molecule has 4 N–H and O–H groups in total. The molecule has 1 rings (SSSR count). The summed E-state index contributed by atoms with van der Waals surface area (Å²) in [5.41, 5.74) is 5.96. The average Bonchev–Trinajstić information content (AvgIpc) is 2.43. The molecule has 0 saturated heterocycles. The fraction of sp³-hybridized carbons (Fsp3) is 0.308. The maximum atomic E-state index is 11.8. The van der Waals surface area contributed by atoms with Crippen LogP contribution in [0.2, 0.25) is 0 Å². The maximum Gasteiger partial charge on any atom is 0.333 e. The third-order valence-electron chi connectivity index (χ3n) is 2.59. The number of hydrogen-bond acceptors (Lipinski definition) is 5. The molecule has 0 aliphatic carbocycles. The molecular weight excluding hydrogens is 264 g/mol. The smallest absolute Gasteiger partial charge is 0.333 e. The maximum absolute atomic E-state index is 11.8. The van der Waals surface area contributed by atoms with Crippen LogP contribution in [0, 0.1) is 0 Å². The summed E-state index contributed by atoms with van der Waals surface area (Å²) >= 11 is 0. The highest BCUT2D eigenvalue weighted by Gasteiger charge is 2.26. The van der Waals surface area contributed by atoms with E-state index in [4.69, 9.17) is 10.8 Å². The minimum absolute atomic E-state index is 0.519. The summed E-state index contributed by atoms with van der Waals surface area (Å²) in [6.07, 6.45) is -0.519. The highest BCUT2D eigenvalue weighted by Crippen LogP contribution is 2.14. The third-order valence-corrected chi connectivity index (χ3v) is 2.59. The lowest BCUT2D eigenvalue weighted by Gasteiger charge is -2.18. The van der Waals surface area contributed by atoms with Crippen LogP contribution in [-0.4, -0.2) is 36.1 Å². The van der Waals surface area contributed by atoms with Gasteiger partial charge in [0.15, 0.2) is 6.04 Å². The normalized spacial score (nSPS) is 13.1. The van der Waals surface area contributed by atoms with Gasteiger partial charge in [-0.2, -0.15) is 0 Å². The summed E-state index contributed by atoms with van der Waals surface area (Å²) in [6.45, 7) is 0. The van der Waals surface area contributed by atoms with Crippen molar-refractivity contribution in [2.75, 3.05) is 7.11 Å². The highest BCUT2D eigenvalue weighted by atomic mass is 16.5. The number of nitrogens with two attached hydrogens (primary N) is 1. The van der Waals surface area contributed by atoms with Gasteiger partial charge in [0.2, 0.25) is 5.91 Å². The lowest BCUT2D eigenvalue weighted by Crippen LogP contribution is -2.45. The quantitative estimate of drug-likeness (QED) is 0.622. The predicted octanol–water partition coefficient (Wildman–Crippen LogP) is -0.181. The molecule has 2 unspecified atom stereocenters. The zero-order chi connectivity index (χ0) is 15.1. The summed E-state index contributed by atoms with van der Waals surface area (Å²) in [5, 5.41) is 11.0. The molecule has 0 aliphatic heterocycles. The zero-order valence-corrected chi connectivity index (χ0v) is 10.9. The van der Waals surface area contributed by atoms with Crippen LogP contribution in [0.5, 0.6) is 0 Å². The van der Waals surface area contributed by atoms with Crippen LogP contribution in [0.25, 0.3) is 0 Å². The second-order valence-electron chi connectivity index (χ2n) is 4.08. The lowest BCUT2D eigenvalue weighted by molar-refractivity contribution is -0.145. The van der Waals surface area contributed by atoms with Crippen molar-refractivity contribution >= 4 is 17.8 Å². The van der Waals surface area contributed by atoms with Crippen molar-refractivity contribution in [1.82, 2.24) is 5.32 Å². The zero-order valence-electron chi connectivity index (χ0n) is 10.9. The molecule has 0 saturated carbocycles. The van der Waals surface area contributed by atoms with E-state index in [1.54, 1.807) is 30.3 Å². The molecule has 7 nitrogen and oxygen atoms in total. The fourth-order valence-electron chi connectivity index (χ4n) is 1.57. The van der Waals surface area contributed by atoms with Crippen LogP contribution in [0.3, 0.4) is 0 Å². The number of carboxylic acids is 1. The standard InChI is InChI=1S/C13H16N2O5/c1-20-13(19)11(8-5-3-2-4-6-8)15-12(18)9(14)7-10(16)17/h2-6,9,11H,7,14H2,1H3,(H,15,18)(H,16,17). The Kier molecular flexibility index (Phi) is 5.67. The van der Waals surface area contributed by atoms with Crippen molar-refractivity contribution in [3.63, 3.8) is 0 Å². The molecule has 0 aliphatic rings. The van der Waals surface area contributed by atoms with Crippen LogP contribution in [0.1, 0.15) is 18.0 Å². The Morgan fingerprint density at radius 3 is 2.40 bits per heavy atom. The second kappa shape index (κ2) is 7.25. The molecule has 0 radical (unpaired) electrons. The number of rotatable bonds is 6. The number of aliphatic carboxylic acids is 1. The number of amides is 1. The first-order chi connectivity index (χ1) is 9.45. The number of esters is 1. The molecule has 20 heavy (non-hydrogen) atoms. The second-order valence-corrected chi connectivity index (χ2v) is 4.08. The molecule has 1 aromatic carbocycles. The van der Waals surface area contributed by atoms with E-state index in [1.165, 1.54) is 7.11 Å². The summed E-state index contributed by atoms with van der Waals surface area (Å²) in [4.78, 5) is 34.0. The molecule has 0 bridgehead atoms. The van der Waals surface area contributed by atoms with Crippen molar-refractivity contribution in [3.05, 3.63) is 35.9 Å². The summed E-state index contributed by atoms with van der Waals surface area (Å²) in [6, 6.07) is 6.20. The molecule has 0 spiro atoms. The van der Waals surface area contributed by atoms with Gasteiger partial charge in [0.05, 0.1) is 19.6 Å². The Labute approximate surface area is 115 Å². The van der Waals surface area contributed by atoms with E-state index in [-0.39, 0.29) is 0 Å². The average molecular weight is 280 g/mol. The van der Waals surface area contributed by atoms with Gasteiger partial charge in [0, 0.05) is 0 Å². The van der Waals surface area contributed by atoms with E-state index in [9.17, 15) is 14.4 Å². The third kappa shape index (κ3) is 4.36. The van der Waals surface area contributed by atoms with Gasteiger partial charge in [-0.3, -0.25) is 9.59 Å². The highest BCUT2D eigenvalue weighted by molar-refractivity contribution is 5.90. The van der Waals surface area contributed by atoms with Crippen LogP contribution < -0.4 is 11.1 Å². The molecular formula is C13H16N2O5. The van der Waals surface area contributed by atoms with Crippen molar-refractivity contribution in [1.29, 1.82) is 0 Å². The lowest BCUT2D eigenvalue weighted by atomic mass is 10.1. The first-order valence-electron chi connectivity index (χ1n) is 5.86. The van der Waals surface area contributed by atoms with Crippen molar-refractivity contribution < 1.29 is 24.2 Å². The van der Waals surface area contributed by atoms with Crippen LogP contribution in [-0.2, 0) is 19.1 Å². The number of carboxylic acid groups (broad SMARTS) is 1. The Morgan fingerprint density at radius 2 is 1.90 bits per heavy atom. The van der Waals surface area contributed by atoms with Gasteiger partial charge >= 0.3 is 11.9 Å². The first-order valence-corrected chi connectivity index (χ1v) is 5.86. The fourth-order valence-corrected chi connectivity index (χ4v) is 1.57. The molecule has 1 amide bonds. The number of nitrogens with one attached hydrogen (secondary N) is 1. The summed E-state index contributed by atoms with van der Waals surface area (Å²) in [5.74, 6) is -2.58. The van der Waals surface area contributed by atoms with Gasteiger partial charge < -0.3 is 20.9 Å². The van der Waals surface area contributed by atoms with E-state index in [2.05, 4.69) is 10.1 Å². The SMILES string of the molecule is COC(=O)C(NC(=O)C(N)CC(=O)O)c1ccccc1. The Balaban J connectivity index is 2.84. The van der Waals surface area contributed by atoms with Crippen molar-refractivity contribution in [2.24, 2.45) is 5.73 Å². The molecule has 2 atom stereocenters. The van der Waals surface area contributed by atoms with E-state index in [0.29, 0.717) is 5.56 Å². The largest absolute Gasteiger partial charge is 0.481 e. The van der Waals surface area contributed by atoms with Crippen LogP contribution in [0.15, 0.2) is 30.3 Å². The first kappa shape index (κ1) is 15.6. The monoisotopic (exact) mass is 280 g/mol. The van der Waals surface area contributed by atoms with Crippen molar-refractivity contribution in [2.45, 2.75) is 18.5 Å². The minimum atomic E-state index is -1.23. The topological polar surface area (TPSA) is 119 Å². The Morgan fingerprint density at radius 1 is 1.30 bits per heavy atom. The Hall–Kier alpha value is -2.41. The van der Waals surface area contributed by atoms with E-state index in [0.717, 1.165) is 0 Å². The van der Waals surface area contributed by atoms with Gasteiger partial charge in [-0.1, -0.05) is 30.3 Å². The number of methoxy groups -OCH3 is 1. The molecule has 108 valence electrons. The van der Waals surface area contributed by atoms with Gasteiger partial charge in [-0.25, -0.2) is 4.79 Å². The van der Waals surface area contributed by atoms with E-state index >= 15 is 0 Å². The van der Waals surface area contributed by atoms with Gasteiger partial charge in [-0.15, -0.1) is 0 Å². The number of hydrogen-bond donors (Lipinski definition) is 3. The van der Waals surface area contributed by atoms with Gasteiger partial charge in [0.1, 0.15) is 0 Å². The van der Waals surface area contributed by atoms with Gasteiger partial charge in [-0.05, 0) is 5.56 Å². The molecule has 0 heterocycles. The van der Waals surface area contributed by atoms with Crippen molar-refractivity contribution in [3.8, 4) is 0 Å². The van der Waals surface area contributed by atoms with Gasteiger partial charge in [0.25, 0.3) is 0 Å². The Bertz CT molecular complexity index is 489. The van der Waals surface area contributed by atoms with E-state index < -0.39 is 36.4 Å². The number of carbonyl (C=O) groups is 3. The molecule has 0 fully saturated rings. The van der Waals surface area contributed by atoms with Crippen LogP contribution >= 0.6 is 0 Å². The van der Waals surface area contributed by atoms with Crippen LogP contribution in [0.4, 0.5) is 0 Å². The number of benzene rings is 1. The molecule has 0 aromatic heterocycles. The number of carbonyl (C=O) groups excluding carboxylic acids is 2. The summed E-state index contributed by atoms with van der Waals surface area (Å²) < 4.78 is 4.62. The summed E-state index contributed by atoms with van der Waals surface area (Å²) in [7, 11) is 1.20. The number of ether oxygens (including phenoxy) is 1.